The van der Waals surface area contributed by atoms with Crippen molar-refractivity contribution in [3.8, 4) is 0 Å². The van der Waals surface area contributed by atoms with Crippen molar-refractivity contribution in [1.29, 1.82) is 0 Å². The Labute approximate surface area is 167 Å². The average molecular weight is 412 g/mol. The third-order valence-electron chi connectivity index (χ3n) is 3.77. The largest absolute Gasteiger partial charge is 0.457 e. The van der Waals surface area contributed by atoms with Gasteiger partial charge in [-0.15, -0.1) is 0 Å². The van der Waals surface area contributed by atoms with Crippen LogP contribution in [0.25, 0.3) is 0 Å². The molecule has 28 heavy (non-hydrogen) atoms. The highest BCUT2D eigenvalue weighted by Gasteiger charge is 2.37. The number of hydrogen-bond acceptors (Lipinski definition) is 10. The molecule has 0 atom stereocenters. The molecule has 1 heterocycles. The maximum atomic E-state index is 10.1. The van der Waals surface area contributed by atoms with Crippen LogP contribution in [0.15, 0.2) is 0 Å². The van der Waals surface area contributed by atoms with Gasteiger partial charge in [-0.05, 0) is 41.5 Å². The van der Waals surface area contributed by atoms with Crippen LogP contribution >= 0.6 is 0 Å². The van der Waals surface area contributed by atoms with E-state index in [9.17, 15) is 9.59 Å². The Kier molecular flexibility index (Phi) is 13.4. The second kappa shape index (κ2) is 13.0. The molecule has 168 valence electrons. The monoisotopic (exact) mass is 412 g/mol. The molecule has 0 aromatic rings. The molecule has 1 saturated heterocycles. The van der Waals surface area contributed by atoms with Gasteiger partial charge >= 0.3 is 0 Å². The van der Waals surface area contributed by atoms with E-state index in [1.165, 1.54) is 6.92 Å². The lowest BCUT2D eigenvalue weighted by molar-refractivity contribution is -0.298. The molecule has 1 rings (SSSR count). The summed E-state index contributed by atoms with van der Waals surface area (Å²) in [6, 6.07) is 0. The Morgan fingerprint density at radius 1 is 0.929 bits per heavy atom. The quantitative estimate of drug-likeness (QED) is 0.432. The summed E-state index contributed by atoms with van der Waals surface area (Å²) in [6.07, 6.45) is 0. The minimum absolute atomic E-state index is 0.201. The molecule has 0 aromatic carbocycles. The first-order valence-electron chi connectivity index (χ1n) is 8.61. The maximum Gasteiger partial charge on any atom is 0.293 e. The van der Waals surface area contributed by atoms with Gasteiger partial charge in [-0.3, -0.25) is 9.59 Å². The van der Waals surface area contributed by atoms with E-state index in [0.29, 0.717) is 19.7 Å². The number of aliphatic hydroxyl groups is 2. The Morgan fingerprint density at radius 3 is 1.57 bits per heavy atom. The van der Waals surface area contributed by atoms with Gasteiger partial charge in [0.1, 0.15) is 0 Å². The van der Waals surface area contributed by atoms with Crippen LogP contribution in [-0.4, -0.2) is 86.6 Å². The summed E-state index contributed by atoms with van der Waals surface area (Å²) in [5.74, 6) is -0.980. The lowest BCUT2D eigenvalue weighted by atomic mass is 10.1. The number of hydrogen-bond donors (Lipinski definition) is 2. The molecule has 0 amide bonds. The second-order valence-corrected chi connectivity index (χ2v) is 7.43. The summed E-state index contributed by atoms with van der Waals surface area (Å²) >= 11 is 0. The van der Waals surface area contributed by atoms with Gasteiger partial charge in [0.25, 0.3) is 12.9 Å². The first-order valence-corrected chi connectivity index (χ1v) is 8.61. The van der Waals surface area contributed by atoms with Crippen molar-refractivity contribution in [1.82, 2.24) is 0 Å². The van der Waals surface area contributed by atoms with Gasteiger partial charge in [0.2, 0.25) is 0 Å². The predicted octanol–water partition coefficient (Wildman–Crippen LogP) is 0.619. The third kappa shape index (κ3) is 13.0. The zero-order valence-corrected chi connectivity index (χ0v) is 18.1. The number of carbonyl (C=O) groups is 2. The molecule has 0 aromatic heterocycles. The fraction of sp³-hybridized carbons (Fsp3) is 0.889. The number of carbonyl (C=O) groups excluding carboxylic acids is 2. The van der Waals surface area contributed by atoms with Crippen LogP contribution in [-0.2, 0) is 38.0 Å². The number of methoxy groups -OCH3 is 2. The summed E-state index contributed by atoms with van der Waals surface area (Å²) in [6.45, 7) is 11.2. The lowest BCUT2D eigenvalue weighted by Crippen LogP contribution is -2.50. The molecule has 0 spiro atoms. The topological polar surface area (TPSA) is 130 Å². The molecule has 0 saturated carbocycles. The van der Waals surface area contributed by atoms with Gasteiger partial charge in [-0.1, -0.05) is 0 Å². The Balaban J connectivity index is 0. The zero-order chi connectivity index (χ0) is 22.5. The molecule has 10 heteroatoms. The van der Waals surface area contributed by atoms with E-state index >= 15 is 0 Å². The van der Waals surface area contributed by atoms with Crippen LogP contribution < -0.4 is 0 Å². The van der Waals surface area contributed by atoms with E-state index in [1.54, 1.807) is 21.1 Å². The number of rotatable bonds is 8. The fourth-order valence-electron chi connectivity index (χ4n) is 1.24. The minimum Gasteiger partial charge on any atom is -0.457 e. The van der Waals surface area contributed by atoms with Crippen molar-refractivity contribution in [2.45, 2.75) is 64.3 Å². The third-order valence-corrected chi connectivity index (χ3v) is 3.77. The first-order chi connectivity index (χ1) is 12.8. The summed E-state index contributed by atoms with van der Waals surface area (Å²) in [4.78, 5) is 19.8. The van der Waals surface area contributed by atoms with Gasteiger partial charge in [0, 0.05) is 14.2 Å². The van der Waals surface area contributed by atoms with Crippen molar-refractivity contribution in [3.63, 3.8) is 0 Å². The van der Waals surface area contributed by atoms with Crippen LogP contribution in [0, 0.1) is 0 Å². The average Bonchev–Trinajstić information content (AvgIpc) is 2.66. The number of ether oxygens (including phenoxy) is 6. The molecule has 0 bridgehead atoms. The second-order valence-electron chi connectivity index (χ2n) is 7.43. The fourth-order valence-corrected chi connectivity index (χ4v) is 1.24. The van der Waals surface area contributed by atoms with Crippen molar-refractivity contribution in [3.05, 3.63) is 0 Å². The van der Waals surface area contributed by atoms with Crippen LogP contribution in [0.5, 0.6) is 0 Å². The van der Waals surface area contributed by atoms with Crippen molar-refractivity contribution in [2.24, 2.45) is 0 Å². The lowest BCUT2D eigenvalue weighted by Gasteiger charge is -2.39. The summed E-state index contributed by atoms with van der Waals surface area (Å²) in [5, 5.41) is 16.9. The van der Waals surface area contributed by atoms with Gasteiger partial charge in [-0.2, -0.15) is 0 Å². The molecule has 0 unspecified atom stereocenters. The highest BCUT2D eigenvalue weighted by molar-refractivity contribution is 5.38. The molecule has 1 aliphatic heterocycles. The van der Waals surface area contributed by atoms with Crippen LogP contribution in [0.2, 0.25) is 0 Å². The Bertz CT molecular complexity index is 416. The standard InChI is InChI=1S/C8H14O4.C5H10O4.C5H12O2/c1-7(2)10-4-8(3,5-11-7)12-6-9;1-5(2-6,3-7)9-4-8;1-5(2,6-3)7-4/h6H,4-5H2,1-3H3;4,6-7H,2-3H2,1H3;1-4H3. The summed E-state index contributed by atoms with van der Waals surface area (Å²) < 4.78 is 29.6. The molecule has 1 aliphatic rings. The minimum atomic E-state index is -1.12. The van der Waals surface area contributed by atoms with E-state index in [1.807, 2.05) is 27.7 Å². The highest BCUT2D eigenvalue weighted by Crippen LogP contribution is 2.24. The van der Waals surface area contributed by atoms with Crippen LogP contribution in [0.3, 0.4) is 0 Å². The van der Waals surface area contributed by atoms with E-state index in [4.69, 9.17) is 33.9 Å². The molecule has 0 aliphatic carbocycles. The molecule has 0 radical (unpaired) electrons. The smallest absolute Gasteiger partial charge is 0.293 e. The molecular weight excluding hydrogens is 376 g/mol. The van der Waals surface area contributed by atoms with Crippen LogP contribution in [0.4, 0.5) is 0 Å². The maximum absolute atomic E-state index is 10.1. The predicted molar refractivity (Wildman–Crippen MR) is 99.4 cm³/mol. The molecule has 10 nitrogen and oxygen atoms in total. The molecule has 1 fully saturated rings. The molecular formula is C18H36O10. The van der Waals surface area contributed by atoms with E-state index in [0.717, 1.165) is 0 Å². The number of aliphatic hydroxyl groups excluding tert-OH is 2. The van der Waals surface area contributed by atoms with E-state index in [2.05, 4.69) is 4.74 Å². The zero-order valence-electron chi connectivity index (χ0n) is 18.1. The van der Waals surface area contributed by atoms with Crippen molar-refractivity contribution < 1.29 is 48.2 Å². The van der Waals surface area contributed by atoms with Gasteiger partial charge in [-0.25, -0.2) is 0 Å². The first kappa shape index (κ1) is 28.9. The summed E-state index contributed by atoms with van der Waals surface area (Å²) in [5.41, 5.74) is -1.75. The van der Waals surface area contributed by atoms with Crippen molar-refractivity contribution in [2.75, 3.05) is 40.6 Å². The Morgan fingerprint density at radius 2 is 1.36 bits per heavy atom. The normalized spacial score (nSPS) is 17.8. The van der Waals surface area contributed by atoms with Gasteiger partial charge in [0.05, 0.1) is 26.4 Å². The van der Waals surface area contributed by atoms with Gasteiger partial charge in [0.15, 0.2) is 22.8 Å². The highest BCUT2D eigenvalue weighted by atomic mass is 16.7. The van der Waals surface area contributed by atoms with Gasteiger partial charge < -0.3 is 38.6 Å². The van der Waals surface area contributed by atoms with Crippen molar-refractivity contribution >= 4 is 12.9 Å². The Hall–Kier alpha value is -1.30. The van der Waals surface area contributed by atoms with E-state index in [-0.39, 0.29) is 19.7 Å². The molecule has 2 N–H and O–H groups in total. The summed E-state index contributed by atoms with van der Waals surface area (Å²) in [7, 11) is 3.23. The SMILES string of the molecule is CC(CO)(CO)OC=O.CC1(OC=O)COC(C)(C)OC1.COC(C)(C)OC. The van der Waals surface area contributed by atoms with Crippen LogP contribution in [0.1, 0.15) is 41.5 Å². The van der Waals surface area contributed by atoms with E-state index < -0.39 is 22.8 Å².